The van der Waals surface area contributed by atoms with Gasteiger partial charge in [0.15, 0.2) is 11.6 Å². The van der Waals surface area contributed by atoms with Gasteiger partial charge < -0.3 is 15.0 Å². The molecule has 1 aromatic rings. The highest BCUT2D eigenvalue weighted by atomic mass is 16.5. The van der Waals surface area contributed by atoms with Crippen molar-refractivity contribution >= 4 is 34.9 Å². The molecule has 0 aromatic carbocycles. The van der Waals surface area contributed by atoms with Crippen LogP contribution in [0.1, 0.15) is 149 Å². The van der Waals surface area contributed by atoms with Crippen LogP contribution < -0.4 is 5.32 Å². The Morgan fingerprint density at radius 3 is 2.19 bits per heavy atom. The van der Waals surface area contributed by atoms with E-state index in [-0.39, 0.29) is 66.4 Å². The number of likely N-dealkylation sites (tertiary alicyclic amines) is 1. The number of amides is 2. The van der Waals surface area contributed by atoms with Crippen LogP contribution in [0.3, 0.4) is 0 Å². The third kappa shape index (κ3) is 10.9. The van der Waals surface area contributed by atoms with Crippen LogP contribution in [0.4, 0.5) is 0 Å². The first-order valence-corrected chi connectivity index (χ1v) is 19.7. The number of aromatic nitrogens is 2. The Hall–Kier alpha value is -3.34. The van der Waals surface area contributed by atoms with Crippen molar-refractivity contribution in [2.75, 3.05) is 6.61 Å². The molecule has 2 aliphatic carbocycles. The molecule has 3 aliphatic rings. The summed E-state index contributed by atoms with van der Waals surface area (Å²) >= 11 is 0. The van der Waals surface area contributed by atoms with E-state index in [0.717, 1.165) is 57.8 Å². The maximum absolute atomic E-state index is 14.9. The number of carbonyl (C=O) groups excluding carboxylic acids is 6. The lowest BCUT2D eigenvalue weighted by Crippen LogP contribution is -2.60. The van der Waals surface area contributed by atoms with E-state index in [1.165, 1.54) is 18.6 Å². The van der Waals surface area contributed by atoms with Crippen molar-refractivity contribution in [1.29, 1.82) is 0 Å². The molecule has 0 bridgehead atoms. The second-order valence-corrected chi connectivity index (χ2v) is 17.5. The summed E-state index contributed by atoms with van der Waals surface area (Å²) in [7, 11) is 0. The van der Waals surface area contributed by atoms with Crippen LogP contribution in [0, 0.1) is 29.1 Å². The van der Waals surface area contributed by atoms with Gasteiger partial charge in [-0.2, -0.15) is 0 Å². The molecule has 11 heteroatoms. The molecule has 1 aromatic heterocycles. The van der Waals surface area contributed by atoms with Crippen LogP contribution in [0.15, 0.2) is 18.6 Å². The maximum Gasteiger partial charge on any atom is 0.246 e. The molecule has 0 spiro atoms. The zero-order valence-electron chi connectivity index (χ0n) is 32.6. The molecule has 1 aliphatic heterocycles. The summed E-state index contributed by atoms with van der Waals surface area (Å²) in [5.41, 5.74) is -1.09. The second-order valence-electron chi connectivity index (χ2n) is 17.5. The molecule has 11 nitrogen and oxygen atoms in total. The Morgan fingerprint density at radius 1 is 0.904 bits per heavy atom. The third-order valence-corrected chi connectivity index (χ3v) is 11.3. The largest absolute Gasteiger partial charge is 0.368 e. The van der Waals surface area contributed by atoms with Crippen LogP contribution >= 0.6 is 0 Å². The number of ether oxygens (including phenoxy) is 1. The first-order valence-electron chi connectivity index (χ1n) is 19.7. The highest BCUT2D eigenvalue weighted by molar-refractivity contribution is 6.38. The van der Waals surface area contributed by atoms with E-state index in [0.29, 0.717) is 19.3 Å². The average molecular weight is 723 g/mol. The van der Waals surface area contributed by atoms with Crippen LogP contribution in [0.5, 0.6) is 0 Å². The molecule has 288 valence electrons. The molecule has 3 fully saturated rings. The van der Waals surface area contributed by atoms with Gasteiger partial charge in [-0.1, -0.05) is 66.2 Å². The van der Waals surface area contributed by atoms with Crippen molar-refractivity contribution in [1.82, 2.24) is 20.2 Å². The minimum Gasteiger partial charge on any atom is -0.368 e. The Labute approximate surface area is 310 Å². The van der Waals surface area contributed by atoms with Crippen LogP contribution in [-0.4, -0.2) is 80.1 Å². The monoisotopic (exact) mass is 722 g/mol. The van der Waals surface area contributed by atoms with Crippen molar-refractivity contribution in [3.8, 4) is 0 Å². The number of fused-ring (bicyclic) bond motifs is 1. The lowest BCUT2D eigenvalue weighted by atomic mass is 9.76. The van der Waals surface area contributed by atoms with E-state index in [1.807, 2.05) is 48.5 Å². The number of hydrogen-bond donors (Lipinski definition) is 1. The molecular weight excluding hydrogens is 660 g/mol. The van der Waals surface area contributed by atoms with Crippen molar-refractivity contribution in [2.24, 2.45) is 29.1 Å². The predicted octanol–water partition coefficient (Wildman–Crippen LogP) is 6.27. The summed E-state index contributed by atoms with van der Waals surface area (Å²) in [4.78, 5) is 93.1. The predicted molar refractivity (Wildman–Crippen MR) is 197 cm³/mol. The minimum absolute atomic E-state index is 0.00141. The van der Waals surface area contributed by atoms with Crippen LogP contribution in [-0.2, 0) is 28.7 Å². The van der Waals surface area contributed by atoms with Gasteiger partial charge in [-0.3, -0.25) is 33.8 Å². The number of Topliss-reactive ketones (excluding diaryl/α,β-unsaturated/α-hetero) is 4. The molecule has 2 heterocycles. The van der Waals surface area contributed by atoms with Crippen molar-refractivity contribution in [2.45, 2.75) is 162 Å². The molecule has 1 N–H and O–H groups in total. The number of nitrogens with one attached hydrogen (secondary N) is 1. The Balaban J connectivity index is 1.59. The first kappa shape index (κ1) is 41.4. The summed E-state index contributed by atoms with van der Waals surface area (Å²) < 4.78 is 5.58. The SMILES string of the molecule is CCC[C@H](CC(=O)[C@@H]1C[C@@H]2CCCC[C@@H]2N1C(=O)[C@@H](NC(=O)[C@@H](CC(=O)c1cnccn1)C1CCCCC1)C(C)(C)C)C(=O)C(=O)COC(C)(C)C. The molecule has 6 atom stereocenters. The Morgan fingerprint density at radius 2 is 1.58 bits per heavy atom. The van der Waals surface area contributed by atoms with Crippen molar-refractivity contribution < 1.29 is 33.5 Å². The van der Waals surface area contributed by atoms with Gasteiger partial charge in [0, 0.05) is 43.1 Å². The van der Waals surface area contributed by atoms with Gasteiger partial charge in [0.2, 0.25) is 23.4 Å². The quantitative estimate of drug-likeness (QED) is 0.154. The standard InChI is InChI=1S/C41H62N4O7/c1-8-14-28(36(49)35(48)25-52-41(5,6)7)22-34(47)32-21-27-17-12-13-18-31(27)45(32)39(51)37(40(2,3)4)44-38(50)29(26-15-10-9-11-16-26)23-33(46)30-24-42-19-20-43-30/h19-20,24,26-29,31-32,37H,8-18,21-23,25H2,1-7H3,(H,44,50)/t27-,28+,29-,31-,32-,37+/m0/s1. The highest BCUT2D eigenvalue weighted by Gasteiger charge is 2.51. The molecule has 2 amide bonds. The van der Waals surface area contributed by atoms with Gasteiger partial charge in [-0.15, -0.1) is 0 Å². The topological polar surface area (TPSA) is 153 Å². The van der Waals surface area contributed by atoms with Gasteiger partial charge in [-0.05, 0) is 76.5 Å². The zero-order valence-corrected chi connectivity index (χ0v) is 32.6. The summed E-state index contributed by atoms with van der Waals surface area (Å²) in [6.07, 6.45) is 14.1. The van der Waals surface area contributed by atoms with Gasteiger partial charge >= 0.3 is 0 Å². The molecule has 2 saturated carbocycles. The third-order valence-electron chi connectivity index (χ3n) is 11.3. The average Bonchev–Trinajstić information content (AvgIpc) is 3.51. The molecule has 0 unspecified atom stereocenters. The summed E-state index contributed by atoms with van der Waals surface area (Å²) in [6.45, 7) is 12.7. The lowest BCUT2D eigenvalue weighted by Gasteiger charge is -2.40. The van der Waals surface area contributed by atoms with Crippen LogP contribution in [0.2, 0.25) is 0 Å². The van der Waals surface area contributed by atoms with E-state index >= 15 is 0 Å². The molecule has 1 saturated heterocycles. The molecule has 0 radical (unpaired) electrons. The van der Waals surface area contributed by atoms with Crippen LogP contribution in [0.25, 0.3) is 0 Å². The highest BCUT2D eigenvalue weighted by Crippen LogP contribution is 2.42. The number of nitrogens with zero attached hydrogens (tertiary/aromatic N) is 3. The number of hydrogen-bond acceptors (Lipinski definition) is 9. The summed E-state index contributed by atoms with van der Waals surface area (Å²) in [5.74, 6) is -3.62. The summed E-state index contributed by atoms with van der Waals surface area (Å²) in [6, 6.07) is -1.84. The van der Waals surface area contributed by atoms with Gasteiger partial charge in [0.05, 0.1) is 17.8 Å². The first-order chi connectivity index (χ1) is 24.5. The van der Waals surface area contributed by atoms with E-state index in [1.54, 1.807) is 4.90 Å². The number of ketones is 4. The summed E-state index contributed by atoms with van der Waals surface area (Å²) in [5, 5.41) is 3.12. The number of carbonyl (C=O) groups is 6. The van der Waals surface area contributed by atoms with Crippen molar-refractivity contribution in [3.05, 3.63) is 24.3 Å². The molecular formula is C41H62N4O7. The maximum atomic E-state index is 14.9. The normalized spacial score (nSPS) is 22.9. The Kier molecular flexibility index (Phi) is 14.4. The van der Waals surface area contributed by atoms with Crippen molar-refractivity contribution in [3.63, 3.8) is 0 Å². The molecule has 4 rings (SSSR count). The smallest absolute Gasteiger partial charge is 0.246 e. The fourth-order valence-electron chi connectivity index (χ4n) is 8.50. The Bertz CT molecular complexity index is 1430. The zero-order chi connectivity index (χ0) is 38.2. The second kappa shape index (κ2) is 18.1. The van der Waals surface area contributed by atoms with E-state index in [2.05, 4.69) is 15.3 Å². The van der Waals surface area contributed by atoms with Gasteiger partial charge in [0.25, 0.3) is 0 Å². The van der Waals surface area contributed by atoms with Gasteiger partial charge in [-0.25, -0.2) is 4.98 Å². The number of rotatable bonds is 16. The van der Waals surface area contributed by atoms with E-state index in [9.17, 15) is 28.8 Å². The minimum atomic E-state index is -0.946. The lowest BCUT2D eigenvalue weighted by molar-refractivity contribution is -0.148. The fraction of sp³-hybridized carbons (Fsp3) is 0.756. The van der Waals surface area contributed by atoms with E-state index < -0.39 is 46.5 Å². The van der Waals surface area contributed by atoms with E-state index in [4.69, 9.17) is 4.74 Å². The fourth-order valence-corrected chi connectivity index (χ4v) is 8.50. The van der Waals surface area contributed by atoms with Gasteiger partial charge in [0.1, 0.15) is 18.3 Å². The molecule has 52 heavy (non-hydrogen) atoms.